The fourth-order valence-electron chi connectivity index (χ4n) is 8.98. The first kappa shape index (κ1) is 39.3. The van der Waals surface area contributed by atoms with Gasteiger partial charge in [-0.1, -0.05) is 39.0 Å². The molecule has 1 aromatic heterocycles. The summed E-state index contributed by atoms with van der Waals surface area (Å²) in [4.78, 5) is 62.7. The number of fused-ring (bicyclic) bond motifs is 4. The molecule has 0 spiro atoms. The van der Waals surface area contributed by atoms with Gasteiger partial charge in [-0.3, -0.25) is 23.9 Å². The zero-order valence-electron chi connectivity index (χ0n) is 32.3. The first-order valence-electron chi connectivity index (χ1n) is 20.2. The number of ketones is 1. The summed E-state index contributed by atoms with van der Waals surface area (Å²) in [5.41, 5.74) is 0.428. The van der Waals surface area contributed by atoms with E-state index in [0.717, 1.165) is 62.3 Å². The fraction of sp³-hybridized carbons (Fsp3) is 0.683. The molecule has 2 aliphatic carbocycles. The van der Waals surface area contributed by atoms with Gasteiger partial charge in [0.15, 0.2) is 5.78 Å². The van der Waals surface area contributed by atoms with Crippen LogP contribution in [-0.2, 0) is 40.4 Å². The van der Waals surface area contributed by atoms with Crippen LogP contribution in [0.4, 0.5) is 0 Å². The van der Waals surface area contributed by atoms with Crippen molar-refractivity contribution in [1.82, 2.24) is 14.6 Å². The number of cyclic esters (lactones) is 1. The Balaban J connectivity index is 1.25. The summed E-state index contributed by atoms with van der Waals surface area (Å²) >= 11 is 0. The van der Waals surface area contributed by atoms with E-state index in [2.05, 4.69) is 9.71 Å². The van der Waals surface area contributed by atoms with Gasteiger partial charge in [0, 0.05) is 36.3 Å². The van der Waals surface area contributed by atoms with Crippen LogP contribution in [0.25, 0.3) is 10.9 Å². The van der Waals surface area contributed by atoms with E-state index in [0.29, 0.717) is 55.0 Å². The predicted molar refractivity (Wildman–Crippen MR) is 203 cm³/mol. The Labute approximate surface area is 323 Å². The van der Waals surface area contributed by atoms with E-state index in [1.54, 1.807) is 18.1 Å². The molecule has 2 amide bonds. The van der Waals surface area contributed by atoms with E-state index >= 15 is 0 Å². The van der Waals surface area contributed by atoms with Crippen molar-refractivity contribution in [3.63, 3.8) is 0 Å². The second kappa shape index (κ2) is 16.3. The number of nitrogens with one attached hydrogen (secondary N) is 1. The lowest BCUT2D eigenvalue weighted by Crippen LogP contribution is -2.46. The van der Waals surface area contributed by atoms with Gasteiger partial charge in [0.05, 0.1) is 56.0 Å². The van der Waals surface area contributed by atoms with Crippen LogP contribution < -0.4 is 18.9 Å². The summed E-state index contributed by atoms with van der Waals surface area (Å²) in [5, 5.41) is 0.169. The number of Topliss-reactive ketones (excluding diaryl/α,β-unsaturated/α-hetero) is 1. The smallest absolute Gasteiger partial charge is 0.306 e. The van der Waals surface area contributed by atoms with E-state index in [1.807, 2.05) is 19.1 Å². The molecule has 3 aliphatic heterocycles. The number of rotatable bonds is 5. The van der Waals surface area contributed by atoms with Gasteiger partial charge in [0.25, 0.3) is 0 Å². The van der Waals surface area contributed by atoms with Crippen molar-refractivity contribution in [2.75, 3.05) is 27.4 Å². The van der Waals surface area contributed by atoms with Crippen molar-refractivity contribution in [2.24, 2.45) is 23.2 Å². The zero-order valence-corrected chi connectivity index (χ0v) is 33.1. The van der Waals surface area contributed by atoms with Gasteiger partial charge in [0.2, 0.25) is 27.7 Å². The first-order valence-corrected chi connectivity index (χ1v) is 21.7. The largest absolute Gasteiger partial charge is 0.496 e. The molecule has 4 heterocycles. The molecule has 2 aromatic rings. The Kier molecular flexibility index (Phi) is 11.6. The van der Waals surface area contributed by atoms with Gasteiger partial charge in [-0.25, -0.2) is 13.4 Å². The lowest BCUT2D eigenvalue weighted by Gasteiger charge is -2.29. The average Bonchev–Trinajstić information content (AvgIpc) is 4.09. The number of aromatic nitrogens is 1. The summed E-state index contributed by atoms with van der Waals surface area (Å²) in [5.74, 6) is -0.861. The molecule has 14 heteroatoms. The highest BCUT2D eigenvalue weighted by atomic mass is 32.2. The van der Waals surface area contributed by atoms with Gasteiger partial charge in [-0.05, 0) is 74.8 Å². The maximum atomic E-state index is 14.7. The minimum atomic E-state index is -3.82. The molecule has 4 fully saturated rings. The maximum Gasteiger partial charge on any atom is 0.306 e. The second-order valence-corrected chi connectivity index (χ2v) is 18.6. The number of aryl methyl sites for hydroxylation is 1. The highest BCUT2D eigenvalue weighted by molar-refractivity contribution is 7.90. The Morgan fingerprint density at radius 1 is 0.964 bits per heavy atom. The molecule has 2 saturated heterocycles. The van der Waals surface area contributed by atoms with E-state index in [4.69, 9.17) is 18.9 Å². The van der Waals surface area contributed by atoms with Crippen LogP contribution in [0.1, 0.15) is 109 Å². The maximum absolute atomic E-state index is 14.7. The summed E-state index contributed by atoms with van der Waals surface area (Å²) in [6, 6.07) is 4.65. The van der Waals surface area contributed by atoms with Gasteiger partial charge in [-0.2, -0.15) is 0 Å². The number of sulfonamides is 1. The summed E-state index contributed by atoms with van der Waals surface area (Å²) in [7, 11) is -0.679. The third-order valence-electron chi connectivity index (χ3n) is 12.5. The molecule has 0 radical (unpaired) electrons. The molecule has 6 atom stereocenters. The van der Waals surface area contributed by atoms with Crippen LogP contribution in [0.15, 0.2) is 18.2 Å². The number of carbonyl (C=O) groups excluding carboxylic acids is 4. The molecule has 1 N–H and O–H groups in total. The van der Waals surface area contributed by atoms with E-state index in [1.165, 1.54) is 7.11 Å². The molecular weight excluding hydrogens is 727 g/mol. The van der Waals surface area contributed by atoms with Crippen molar-refractivity contribution in [3.05, 3.63) is 23.8 Å². The molecule has 55 heavy (non-hydrogen) atoms. The van der Waals surface area contributed by atoms with Crippen LogP contribution in [-0.4, -0.2) is 86.6 Å². The number of esters is 1. The normalized spacial score (nSPS) is 29.9. The predicted octanol–water partition coefficient (Wildman–Crippen LogP) is 5.44. The molecule has 7 rings (SSSR count). The Morgan fingerprint density at radius 2 is 1.73 bits per heavy atom. The standard InChI is InChI=1S/C41H55N3O10S/c1-25-10-9-12-26-16-31-32(19-35(26)51-2)42-37(52-3)20-36(31)54-29-18-33-34(45)22-41(40(48)43-55(49,50)30-14-15-30)21-28(41)13-8-6-4-5-7-11-27(17-38(46)53-24-25)39(47)44(33)23-29/h16,19-20,25,27-30,33H,4-15,17-18,21-24H2,1-3H3,(H,43,48)/t25-,27+,28-,29+,33-,41+/m0/s1. The third-order valence-corrected chi connectivity index (χ3v) is 14.3. The molecular formula is C41H55N3O10S. The fourth-order valence-corrected chi connectivity index (χ4v) is 10.4. The van der Waals surface area contributed by atoms with Crippen LogP contribution in [0, 0.1) is 23.2 Å². The van der Waals surface area contributed by atoms with E-state index in [9.17, 15) is 27.6 Å². The number of pyridine rings is 1. The number of hydrogen-bond donors (Lipinski definition) is 1. The van der Waals surface area contributed by atoms with Crippen molar-refractivity contribution in [1.29, 1.82) is 0 Å². The summed E-state index contributed by atoms with van der Waals surface area (Å²) in [6.07, 6.45) is 8.64. The number of hydrogen-bond acceptors (Lipinski definition) is 11. The monoisotopic (exact) mass is 781 g/mol. The first-order chi connectivity index (χ1) is 26.4. The van der Waals surface area contributed by atoms with Gasteiger partial charge in [0.1, 0.15) is 17.6 Å². The topological polar surface area (TPSA) is 167 Å². The molecule has 1 aromatic carbocycles. The molecule has 2 saturated carbocycles. The van der Waals surface area contributed by atoms with Crippen LogP contribution in [0.2, 0.25) is 0 Å². The number of ether oxygens (including phenoxy) is 4. The molecule has 5 bridgehead atoms. The van der Waals surface area contributed by atoms with Crippen molar-refractivity contribution < 1.29 is 46.5 Å². The number of nitrogens with zero attached hydrogens (tertiary/aromatic N) is 2. The zero-order chi connectivity index (χ0) is 38.9. The summed E-state index contributed by atoms with van der Waals surface area (Å²) < 4.78 is 51.9. The highest BCUT2D eigenvalue weighted by Crippen LogP contribution is 2.59. The SMILES string of the molecule is COc1cc2c3cc(c(OC)cc3n1)CCC[C@H](C)COC(=O)C[C@H]1CCCCCCC[C@H]3C[C@@]3(C(=O)NS(=O)(=O)C3CC3)CC(=O)[C@@H]3C[C@H](CN3C1=O)O2. The number of benzene rings is 1. The average molecular weight is 782 g/mol. The van der Waals surface area contributed by atoms with E-state index < -0.39 is 50.6 Å². The third kappa shape index (κ3) is 8.73. The lowest BCUT2D eigenvalue weighted by molar-refractivity contribution is -0.151. The number of amides is 2. The molecule has 0 unspecified atom stereocenters. The molecule has 13 nitrogen and oxygen atoms in total. The number of methoxy groups -OCH3 is 2. The number of carbonyl (C=O) groups is 4. The quantitative estimate of drug-likeness (QED) is 0.384. The van der Waals surface area contributed by atoms with Crippen LogP contribution >= 0.6 is 0 Å². The summed E-state index contributed by atoms with van der Waals surface area (Å²) in [6.45, 7) is 2.37. The minimum absolute atomic E-state index is 0.0889. The van der Waals surface area contributed by atoms with Crippen molar-refractivity contribution >= 4 is 44.5 Å². The molecule has 5 aliphatic rings. The van der Waals surface area contributed by atoms with Crippen LogP contribution in [0.5, 0.6) is 17.4 Å². The van der Waals surface area contributed by atoms with Crippen LogP contribution in [0.3, 0.4) is 0 Å². The van der Waals surface area contributed by atoms with Gasteiger partial charge < -0.3 is 23.8 Å². The second-order valence-electron chi connectivity index (χ2n) is 16.6. The highest BCUT2D eigenvalue weighted by Gasteiger charge is 2.62. The Hall–Kier alpha value is -3.94. The van der Waals surface area contributed by atoms with Gasteiger partial charge >= 0.3 is 5.97 Å². The van der Waals surface area contributed by atoms with Gasteiger partial charge in [-0.15, -0.1) is 0 Å². The van der Waals surface area contributed by atoms with Crippen molar-refractivity contribution in [3.8, 4) is 17.4 Å². The Bertz CT molecular complexity index is 1910. The van der Waals surface area contributed by atoms with E-state index in [-0.39, 0.29) is 55.9 Å². The molecule has 300 valence electrons. The van der Waals surface area contributed by atoms with Crippen molar-refractivity contribution in [2.45, 2.75) is 127 Å². The Morgan fingerprint density at radius 3 is 2.47 bits per heavy atom. The minimum Gasteiger partial charge on any atom is -0.496 e. The lowest BCUT2D eigenvalue weighted by atomic mass is 9.90.